The Labute approximate surface area is 156 Å². The summed E-state index contributed by atoms with van der Waals surface area (Å²) >= 11 is 1.75. The molecule has 4 rings (SSSR count). The molecule has 26 heavy (non-hydrogen) atoms. The standard InChI is InChI=1S/C20H21NO4S/c22-19(6-4-15-3-5-16-17(12-15)25-14-24-16)21-13-20(7-9-23-10-8-20)18-2-1-11-26-18/h1-6,11-12H,7-10,13-14H2,(H,21,22). The number of carbonyl (C=O) groups is 1. The van der Waals surface area contributed by atoms with E-state index in [1.807, 2.05) is 18.2 Å². The quantitative estimate of drug-likeness (QED) is 0.819. The number of benzene rings is 1. The highest BCUT2D eigenvalue weighted by Crippen LogP contribution is 2.37. The van der Waals surface area contributed by atoms with E-state index in [0.717, 1.165) is 37.4 Å². The van der Waals surface area contributed by atoms with Gasteiger partial charge >= 0.3 is 0 Å². The van der Waals surface area contributed by atoms with E-state index in [0.29, 0.717) is 12.3 Å². The number of thiophene rings is 1. The molecule has 2 aliphatic heterocycles. The summed E-state index contributed by atoms with van der Waals surface area (Å²) in [5.74, 6) is 1.36. The fourth-order valence-corrected chi connectivity index (χ4v) is 4.34. The number of hydrogen-bond donors (Lipinski definition) is 1. The molecule has 1 fully saturated rings. The van der Waals surface area contributed by atoms with Crippen LogP contribution in [-0.4, -0.2) is 32.5 Å². The number of carbonyl (C=O) groups excluding carboxylic acids is 1. The Morgan fingerprint density at radius 2 is 2.04 bits per heavy atom. The van der Waals surface area contributed by atoms with Crippen molar-refractivity contribution in [2.24, 2.45) is 0 Å². The van der Waals surface area contributed by atoms with Crippen LogP contribution in [0, 0.1) is 0 Å². The molecule has 1 N–H and O–H groups in total. The van der Waals surface area contributed by atoms with Gasteiger partial charge in [-0.3, -0.25) is 4.79 Å². The van der Waals surface area contributed by atoms with E-state index in [4.69, 9.17) is 14.2 Å². The van der Waals surface area contributed by atoms with Crippen LogP contribution in [0.1, 0.15) is 23.3 Å². The number of amides is 1. The highest BCUT2D eigenvalue weighted by Gasteiger charge is 2.35. The summed E-state index contributed by atoms with van der Waals surface area (Å²) in [5.41, 5.74) is 0.887. The summed E-state index contributed by atoms with van der Waals surface area (Å²) in [6, 6.07) is 9.86. The highest BCUT2D eigenvalue weighted by atomic mass is 32.1. The third-order valence-electron chi connectivity index (χ3n) is 4.92. The molecule has 2 aromatic rings. The number of nitrogens with one attached hydrogen (secondary N) is 1. The van der Waals surface area contributed by atoms with Crippen molar-refractivity contribution in [2.45, 2.75) is 18.3 Å². The maximum absolute atomic E-state index is 12.3. The lowest BCUT2D eigenvalue weighted by atomic mass is 9.78. The smallest absolute Gasteiger partial charge is 0.244 e. The van der Waals surface area contributed by atoms with Crippen molar-refractivity contribution >= 4 is 23.3 Å². The lowest BCUT2D eigenvalue weighted by Crippen LogP contribution is -2.43. The zero-order valence-electron chi connectivity index (χ0n) is 14.4. The molecule has 1 aromatic heterocycles. The molecule has 0 saturated carbocycles. The number of hydrogen-bond acceptors (Lipinski definition) is 5. The van der Waals surface area contributed by atoms with Gasteiger partial charge < -0.3 is 19.5 Å². The average Bonchev–Trinajstić information content (AvgIpc) is 3.37. The minimum absolute atomic E-state index is 0.0192. The maximum atomic E-state index is 12.3. The Hall–Kier alpha value is -2.31. The summed E-state index contributed by atoms with van der Waals surface area (Å²) < 4.78 is 16.2. The molecule has 5 nitrogen and oxygen atoms in total. The van der Waals surface area contributed by atoms with Crippen LogP contribution in [0.3, 0.4) is 0 Å². The van der Waals surface area contributed by atoms with Gasteiger partial charge in [-0.15, -0.1) is 11.3 Å². The van der Waals surface area contributed by atoms with Gasteiger partial charge in [0.15, 0.2) is 11.5 Å². The molecule has 0 unspecified atom stereocenters. The van der Waals surface area contributed by atoms with Crippen LogP contribution in [0.15, 0.2) is 41.8 Å². The van der Waals surface area contributed by atoms with E-state index in [1.54, 1.807) is 23.5 Å². The molecule has 0 atom stereocenters. The van der Waals surface area contributed by atoms with Crippen LogP contribution < -0.4 is 14.8 Å². The number of rotatable bonds is 5. The Morgan fingerprint density at radius 1 is 1.19 bits per heavy atom. The molecule has 0 spiro atoms. The highest BCUT2D eigenvalue weighted by molar-refractivity contribution is 7.10. The first-order valence-corrected chi connectivity index (χ1v) is 9.60. The zero-order valence-corrected chi connectivity index (χ0v) is 15.2. The van der Waals surface area contributed by atoms with Gasteiger partial charge in [-0.25, -0.2) is 0 Å². The Morgan fingerprint density at radius 3 is 2.85 bits per heavy atom. The van der Waals surface area contributed by atoms with Crippen LogP contribution in [0.5, 0.6) is 11.5 Å². The Kier molecular flexibility index (Phi) is 4.95. The molecule has 0 bridgehead atoms. The van der Waals surface area contributed by atoms with Crippen LogP contribution in [-0.2, 0) is 14.9 Å². The second-order valence-electron chi connectivity index (χ2n) is 6.53. The largest absolute Gasteiger partial charge is 0.454 e. The summed E-state index contributed by atoms with van der Waals surface area (Å²) in [4.78, 5) is 13.6. The normalized spacial score (nSPS) is 18.2. The number of fused-ring (bicyclic) bond motifs is 1. The molecule has 6 heteroatoms. The number of ether oxygens (including phenoxy) is 3. The van der Waals surface area contributed by atoms with Gasteiger partial charge in [0.05, 0.1) is 0 Å². The first kappa shape index (κ1) is 17.1. The van der Waals surface area contributed by atoms with Crippen molar-refractivity contribution < 1.29 is 19.0 Å². The molecule has 1 amide bonds. The summed E-state index contributed by atoms with van der Waals surface area (Å²) in [7, 11) is 0. The van der Waals surface area contributed by atoms with Gasteiger partial charge in [0.2, 0.25) is 12.7 Å². The summed E-state index contributed by atoms with van der Waals surface area (Å²) in [6.07, 6.45) is 5.22. The molecule has 0 radical (unpaired) electrons. The van der Waals surface area contributed by atoms with Crippen molar-refractivity contribution in [1.82, 2.24) is 5.32 Å². The first-order valence-electron chi connectivity index (χ1n) is 8.73. The van der Waals surface area contributed by atoms with Gasteiger partial charge in [0, 0.05) is 36.1 Å². The molecular weight excluding hydrogens is 350 g/mol. The van der Waals surface area contributed by atoms with E-state index >= 15 is 0 Å². The molecule has 1 aromatic carbocycles. The fourth-order valence-electron chi connectivity index (χ4n) is 3.36. The minimum atomic E-state index is -0.0925. The average molecular weight is 371 g/mol. The molecule has 136 valence electrons. The fraction of sp³-hybridized carbons (Fsp3) is 0.350. The van der Waals surface area contributed by atoms with Crippen LogP contribution in [0.4, 0.5) is 0 Å². The Bertz CT molecular complexity index is 794. The lowest BCUT2D eigenvalue weighted by molar-refractivity contribution is -0.116. The van der Waals surface area contributed by atoms with E-state index in [9.17, 15) is 4.79 Å². The van der Waals surface area contributed by atoms with Crippen LogP contribution in [0.2, 0.25) is 0 Å². The third kappa shape index (κ3) is 3.61. The minimum Gasteiger partial charge on any atom is -0.454 e. The van der Waals surface area contributed by atoms with Crippen molar-refractivity contribution in [3.05, 3.63) is 52.2 Å². The van der Waals surface area contributed by atoms with Crippen molar-refractivity contribution in [2.75, 3.05) is 26.6 Å². The Balaban J connectivity index is 1.39. The summed E-state index contributed by atoms with van der Waals surface area (Å²) in [5, 5.41) is 5.16. The molecule has 2 aliphatic rings. The van der Waals surface area contributed by atoms with Crippen molar-refractivity contribution in [1.29, 1.82) is 0 Å². The van der Waals surface area contributed by atoms with Crippen molar-refractivity contribution in [3.8, 4) is 11.5 Å². The molecule has 1 saturated heterocycles. The van der Waals surface area contributed by atoms with Crippen molar-refractivity contribution in [3.63, 3.8) is 0 Å². The lowest BCUT2D eigenvalue weighted by Gasteiger charge is -2.36. The van der Waals surface area contributed by atoms with Gasteiger partial charge in [0.25, 0.3) is 0 Å². The predicted octanol–water partition coefficient (Wildman–Crippen LogP) is 3.35. The van der Waals surface area contributed by atoms with Crippen LogP contribution in [0.25, 0.3) is 6.08 Å². The second-order valence-corrected chi connectivity index (χ2v) is 7.48. The maximum Gasteiger partial charge on any atom is 0.244 e. The summed E-state index contributed by atoms with van der Waals surface area (Å²) in [6.45, 7) is 2.35. The molecular formula is C20H21NO4S. The first-order chi connectivity index (χ1) is 12.8. The second kappa shape index (κ2) is 7.51. The van der Waals surface area contributed by atoms with E-state index in [-0.39, 0.29) is 18.1 Å². The molecule has 3 heterocycles. The topological polar surface area (TPSA) is 56.8 Å². The van der Waals surface area contributed by atoms with Gasteiger partial charge in [-0.2, -0.15) is 0 Å². The van der Waals surface area contributed by atoms with E-state index in [1.165, 1.54) is 4.88 Å². The monoisotopic (exact) mass is 371 g/mol. The molecule has 0 aliphatic carbocycles. The van der Waals surface area contributed by atoms with Crippen LogP contribution >= 0.6 is 11.3 Å². The third-order valence-corrected chi connectivity index (χ3v) is 6.03. The van der Waals surface area contributed by atoms with Gasteiger partial charge in [-0.1, -0.05) is 12.1 Å². The van der Waals surface area contributed by atoms with Gasteiger partial charge in [-0.05, 0) is 48.1 Å². The van der Waals surface area contributed by atoms with E-state index < -0.39 is 0 Å². The van der Waals surface area contributed by atoms with E-state index in [2.05, 4.69) is 22.8 Å². The van der Waals surface area contributed by atoms with Gasteiger partial charge in [0.1, 0.15) is 0 Å². The SMILES string of the molecule is O=C(C=Cc1ccc2c(c1)OCO2)NCC1(c2cccs2)CCOCC1. The predicted molar refractivity (Wildman–Crippen MR) is 101 cm³/mol. The zero-order chi connectivity index (χ0) is 17.8.